The fourth-order valence-corrected chi connectivity index (χ4v) is 4.10. The lowest BCUT2D eigenvalue weighted by molar-refractivity contribution is 0.474. The van der Waals surface area contributed by atoms with E-state index in [4.69, 9.17) is 10.7 Å². The molecule has 1 aromatic carbocycles. The minimum atomic E-state index is -0.169. The van der Waals surface area contributed by atoms with Gasteiger partial charge < -0.3 is 10.6 Å². The van der Waals surface area contributed by atoms with Gasteiger partial charge in [-0.15, -0.1) is 0 Å². The van der Waals surface area contributed by atoms with Gasteiger partial charge in [0, 0.05) is 25.1 Å². The van der Waals surface area contributed by atoms with E-state index in [1.165, 1.54) is 11.8 Å². The molecule has 0 fully saturated rings. The highest BCUT2D eigenvalue weighted by molar-refractivity contribution is 9.10. The number of hydrogen-bond acceptors (Lipinski definition) is 8. The van der Waals surface area contributed by atoms with Crippen LogP contribution in [0.3, 0.4) is 0 Å². The summed E-state index contributed by atoms with van der Waals surface area (Å²) >= 11 is 4.88. The van der Waals surface area contributed by atoms with Gasteiger partial charge in [0.2, 0.25) is 11.9 Å². The van der Waals surface area contributed by atoms with E-state index in [-0.39, 0.29) is 16.8 Å². The van der Waals surface area contributed by atoms with Gasteiger partial charge in [-0.1, -0.05) is 41.5 Å². The highest BCUT2D eigenvalue weighted by Gasteiger charge is 2.20. The standard InChI is InChI=1S/C19H24BrN7OS/c1-10(2)9-27-16(28)13-8-12(20)6-7-14(13)22-19(27)29-11(3)15-23-17(21)25-18(24-15)26(4)5/h6-8,10-11H,9H2,1-5H3,(H2,21,23,24,25). The molecule has 2 aromatic heterocycles. The SMILES string of the molecule is CC(C)Cn1c(SC(C)c2nc(N)nc(N(C)C)n2)nc2ccc(Br)cc2c1=O. The molecule has 3 aromatic rings. The zero-order valence-corrected chi connectivity index (χ0v) is 19.5. The molecule has 1 unspecified atom stereocenters. The number of aromatic nitrogens is 5. The molecule has 0 aliphatic carbocycles. The molecule has 2 N–H and O–H groups in total. The van der Waals surface area contributed by atoms with Crippen molar-refractivity contribution >= 4 is 50.5 Å². The molecule has 10 heteroatoms. The molecule has 0 bridgehead atoms. The van der Waals surface area contributed by atoms with E-state index in [0.29, 0.717) is 40.3 Å². The van der Waals surface area contributed by atoms with Crippen LogP contribution >= 0.6 is 27.7 Å². The number of hydrogen-bond donors (Lipinski definition) is 1. The van der Waals surface area contributed by atoms with Crippen LogP contribution in [-0.4, -0.2) is 38.6 Å². The Labute approximate surface area is 182 Å². The highest BCUT2D eigenvalue weighted by Crippen LogP contribution is 2.33. The molecule has 3 rings (SSSR count). The third kappa shape index (κ3) is 4.87. The first kappa shape index (κ1) is 21.5. The number of nitrogens with zero attached hydrogens (tertiary/aromatic N) is 6. The summed E-state index contributed by atoms with van der Waals surface area (Å²) in [6.07, 6.45) is 0. The summed E-state index contributed by atoms with van der Waals surface area (Å²) in [4.78, 5) is 32.6. The lowest BCUT2D eigenvalue weighted by atomic mass is 10.2. The number of nitrogens with two attached hydrogens (primary N) is 1. The number of anilines is 2. The second-order valence-electron chi connectivity index (χ2n) is 7.37. The van der Waals surface area contributed by atoms with E-state index < -0.39 is 0 Å². The first-order valence-corrected chi connectivity index (χ1v) is 10.9. The van der Waals surface area contributed by atoms with Crippen molar-refractivity contribution in [2.75, 3.05) is 24.7 Å². The van der Waals surface area contributed by atoms with Crippen molar-refractivity contribution in [3.63, 3.8) is 0 Å². The van der Waals surface area contributed by atoms with Crippen molar-refractivity contribution in [3.05, 3.63) is 38.9 Å². The van der Waals surface area contributed by atoms with Gasteiger partial charge in [0.15, 0.2) is 5.16 Å². The third-order valence-corrected chi connectivity index (χ3v) is 5.71. The first-order chi connectivity index (χ1) is 13.7. The molecule has 0 saturated heterocycles. The van der Waals surface area contributed by atoms with Crippen molar-refractivity contribution in [1.82, 2.24) is 24.5 Å². The van der Waals surface area contributed by atoms with Gasteiger partial charge in [0.25, 0.3) is 5.56 Å². The van der Waals surface area contributed by atoms with Crippen LogP contribution in [0, 0.1) is 5.92 Å². The lowest BCUT2D eigenvalue weighted by Gasteiger charge is -2.18. The molecule has 0 amide bonds. The number of halogens is 1. The summed E-state index contributed by atoms with van der Waals surface area (Å²) in [5.74, 6) is 1.51. The topological polar surface area (TPSA) is 103 Å². The predicted molar refractivity (Wildman–Crippen MR) is 121 cm³/mol. The smallest absolute Gasteiger partial charge is 0.262 e. The van der Waals surface area contributed by atoms with Gasteiger partial charge in [0.1, 0.15) is 5.82 Å². The Bertz CT molecular complexity index is 1100. The van der Waals surface area contributed by atoms with E-state index in [2.05, 4.69) is 44.7 Å². The molecule has 29 heavy (non-hydrogen) atoms. The molecule has 0 saturated carbocycles. The number of fused-ring (bicyclic) bond motifs is 1. The maximum atomic E-state index is 13.2. The normalized spacial score (nSPS) is 12.5. The Kier molecular flexibility index (Phi) is 6.42. The Morgan fingerprint density at radius 3 is 2.55 bits per heavy atom. The second kappa shape index (κ2) is 8.66. The van der Waals surface area contributed by atoms with Crippen LogP contribution in [0.15, 0.2) is 32.6 Å². The van der Waals surface area contributed by atoms with Crippen LogP contribution in [-0.2, 0) is 6.54 Å². The maximum Gasteiger partial charge on any atom is 0.262 e. The quantitative estimate of drug-likeness (QED) is 0.424. The van der Waals surface area contributed by atoms with E-state index in [1.807, 2.05) is 39.2 Å². The summed E-state index contributed by atoms with van der Waals surface area (Å²) in [6.45, 7) is 6.69. The molecule has 154 valence electrons. The molecular formula is C19H24BrN7OS. The van der Waals surface area contributed by atoms with Crippen LogP contribution in [0.25, 0.3) is 10.9 Å². The minimum Gasteiger partial charge on any atom is -0.368 e. The van der Waals surface area contributed by atoms with Crippen molar-refractivity contribution < 1.29 is 0 Å². The van der Waals surface area contributed by atoms with Crippen molar-refractivity contribution in [3.8, 4) is 0 Å². The van der Waals surface area contributed by atoms with Crippen molar-refractivity contribution in [2.45, 2.75) is 37.7 Å². The van der Waals surface area contributed by atoms with Crippen LogP contribution in [0.4, 0.5) is 11.9 Å². The summed E-state index contributed by atoms with van der Waals surface area (Å²) in [5, 5.41) is 1.06. The highest BCUT2D eigenvalue weighted by atomic mass is 79.9. The van der Waals surface area contributed by atoms with E-state index >= 15 is 0 Å². The molecule has 0 spiro atoms. The molecule has 0 aliphatic rings. The summed E-state index contributed by atoms with van der Waals surface area (Å²) in [6, 6.07) is 5.55. The van der Waals surface area contributed by atoms with E-state index in [1.54, 1.807) is 9.47 Å². The second-order valence-corrected chi connectivity index (χ2v) is 9.60. The van der Waals surface area contributed by atoms with Gasteiger partial charge in [-0.2, -0.15) is 15.0 Å². The zero-order chi connectivity index (χ0) is 21.3. The van der Waals surface area contributed by atoms with Crippen LogP contribution in [0.2, 0.25) is 0 Å². The van der Waals surface area contributed by atoms with Crippen LogP contribution < -0.4 is 16.2 Å². The Morgan fingerprint density at radius 1 is 1.17 bits per heavy atom. The van der Waals surface area contributed by atoms with Gasteiger partial charge in [0.05, 0.1) is 16.2 Å². The first-order valence-electron chi connectivity index (χ1n) is 9.21. The van der Waals surface area contributed by atoms with Gasteiger partial charge in [-0.25, -0.2) is 4.98 Å². The van der Waals surface area contributed by atoms with Gasteiger partial charge in [-0.05, 0) is 31.0 Å². The number of rotatable bonds is 6. The average Bonchev–Trinajstić information content (AvgIpc) is 2.64. The third-order valence-electron chi connectivity index (χ3n) is 4.13. The summed E-state index contributed by atoms with van der Waals surface area (Å²) in [7, 11) is 3.69. The monoisotopic (exact) mass is 477 g/mol. The molecule has 0 radical (unpaired) electrons. The van der Waals surface area contributed by atoms with Gasteiger partial charge in [-0.3, -0.25) is 9.36 Å². The zero-order valence-electron chi connectivity index (χ0n) is 17.0. The number of thioether (sulfide) groups is 1. The molecule has 8 nitrogen and oxygen atoms in total. The maximum absolute atomic E-state index is 13.2. The average molecular weight is 478 g/mol. The summed E-state index contributed by atoms with van der Waals surface area (Å²) < 4.78 is 2.59. The minimum absolute atomic E-state index is 0.0520. The molecule has 0 aliphatic heterocycles. The largest absolute Gasteiger partial charge is 0.368 e. The van der Waals surface area contributed by atoms with Crippen LogP contribution in [0.1, 0.15) is 31.8 Å². The van der Waals surface area contributed by atoms with Crippen LogP contribution in [0.5, 0.6) is 0 Å². The Balaban J connectivity index is 2.07. The molecule has 1 atom stereocenters. The Morgan fingerprint density at radius 2 is 1.90 bits per heavy atom. The fourth-order valence-electron chi connectivity index (χ4n) is 2.78. The van der Waals surface area contributed by atoms with Gasteiger partial charge >= 0.3 is 0 Å². The Hall–Kier alpha value is -2.20. The predicted octanol–water partition coefficient (Wildman–Crippen LogP) is 3.50. The lowest BCUT2D eigenvalue weighted by Crippen LogP contribution is -2.25. The fraction of sp³-hybridized carbons (Fsp3) is 0.421. The van der Waals surface area contributed by atoms with Crippen molar-refractivity contribution in [2.24, 2.45) is 5.92 Å². The van der Waals surface area contributed by atoms with E-state index in [0.717, 1.165) is 4.47 Å². The molecular weight excluding hydrogens is 454 g/mol. The van der Waals surface area contributed by atoms with Crippen molar-refractivity contribution in [1.29, 1.82) is 0 Å². The number of nitrogen functional groups attached to an aromatic ring is 1. The number of benzene rings is 1. The molecule has 2 heterocycles. The van der Waals surface area contributed by atoms with E-state index in [9.17, 15) is 4.79 Å². The summed E-state index contributed by atoms with van der Waals surface area (Å²) in [5.41, 5.74) is 6.48.